The number of para-hydroxylation sites is 1. The molecule has 8 aromatic rings. The van der Waals surface area contributed by atoms with Crippen LogP contribution < -0.4 is 5.19 Å². The first-order chi connectivity index (χ1) is 26.2. The van der Waals surface area contributed by atoms with E-state index in [0.717, 1.165) is 69.3 Å². The second-order valence-electron chi connectivity index (χ2n) is 15.7. The first-order valence-electron chi connectivity index (χ1n) is 19.4. The summed E-state index contributed by atoms with van der Waals surface area (Å²) in [6, 6.07) is 46.9. The van der Waals surface area contributed by atoms with Crippen molar-refractivity contribution in [2.24, 2.45) is 5.92 Å². The van der Waals surface area contributed by atoms with Crippen molar-refractivity contribution in [3.63, 3.8) is 0 Å². The van der Waals surface area contributed by atoms with Gasteiger partial charge >= 0.3 is 0 Å². The predicted molar refractivity (Wildman–Crippen MR) is 232 cm³/mol. The molecule has 5 heteroatoms. The molecule has 1 radical (unpaired) electrons. The van der Waals surface area contributed by atoms with Crippen LogP contribution in [-0.2, 0) is 26.5 Å². The molecule has 0 aliphatic carbocycles. The van der Waals surface area contributed by atoms with Crippen molar-refractivity contribution >= 4 is 46.0 Å². The molecule has 0 aliphatic rings. The molecule has 3 nitrogen and oxygen atoms in total. The third-order valence-corrected chi connectivity index (χ3v) is 12.5. The molecule has 0 N–H and O–H groups in total. The maximum absolute atomic E-state index is 6.65. The van der Waals surface area contributed by atoms with Gasteiger partial charge in [-0.15, -0.1) is 54.1 Å². The van der Waals surface area contributed by atoms with Crippen molar-refractivity contribution in [3.8, 4) is 33.6 Å². The van der Waals surface area contributed by atoms with E-state index in [1.165, 1.54) is 32.6 Å². The van der Waals surface area contributed by atoms with E-state index in [4.69, 9.17) is 9.40 Å². The van der Waals surface area contributed by atoms with Gasteiger partial charge in [0.25, 0.3) is 0 Å². The molecular formula is C50H50IrN2OSi-2. The van der Waals surface area contributed by atoms with Crippen molar-refractivity contribution < 1.29 is 24.5 Å². The molecule has 0 atom stereocenters. The average Bonchev–Trinajstić information content (AvgIpc) is 3.58. The second-order valence-corrected chi connectivity index (χ2v) is 20.8. The number of nitrogens with zero attached hydrogens (tertiary/aromatic N) is 2. The minimum absolute atomic E-state index is 0. The summed E-state index contributed by atoms with van der Waals surface area (Å²) in [5.74, 6) is 1.20. The molecule has 0 bridgehead atoms. The minimum atomic E-state index is -1.34. The third-order valence-electron chi connectivity index (χ3n) is 10.4. The molecule has 8 rings (SSSR count). The van der Waals surface area contributed by atoms with Gasteiger partial charge in [-0.2, -0.15) is 0 Å². The van der Waals surface area contributed by atoms with Crippen molar-refractivity contribution in [1.82, 2.24) is 9.97 Å². The largest absolute Gasteiger partial charge is 0.500 e. The summed E-state index contributed by atoms with van der Waals surface area (Å²) in [5.41, 5.74) is 10.8. The number of hydrogen-bond acceptors (Lipinski definition) is 3. The zero-order valence-electron chi connectivity index (χ0n) is 33.0. The molecule has 5 aromatic carbocycles. The van der Waals surface area contributed by atoms with E-state index < -0.39 is 8.07 Å². The Morgan fingerprint density at radius 2 is 1.38 bits per heavy atom. The molecule has 0 fully saturated rings. The monoisotopic (exact) mass is 915 g/mol. The summed E-state index contributed by atoms with van der Waals surface area (Å²) < 4.78 is 6.65. The fourth-order valence-electron chi connectivity index (χ4n) is 7.70. The molecule has 3 heterocycles. The van der Waals surface area contributed by atoms with Crippen LogP contribution in [0.5, 0.6) is 0 Å². The Labute approximate surface area is 341 Å². The Bertz CT molecular complexity index is 2520. The number of rotatable bonds is 9. The molecule has 0 spiro atoms. The molecule has 0 saturated carbocycles. The van der Waals surface area contributed by atoms with Crippen LogP contribution in [0.1, 0.15) is 57.6 Å². The number of fused-ring (bicyclic) bond motifs is 4. The van der Waals surface area contributed by atoms with Gasteiger partial charge in [-0.25, -0.2) is 0 Å². The standard InChI is InChI=1S/C32H26NO.C18H24NSi.Ir/c1-3-21(4-2)23-18-19-33-30(20-23)29-17-9-16-28-27-15-8-14-26(31(27)34-32(28)29)25-13-7-11-22-10-5-6-12-24(22)25;1-14(2)11-16-12-17(15-9-7-6-8-10-15)19-13-18(16)20(3,4)5;/h5-16,18-21H,3-4H2,1-2H3;6-9,12-14H,11H2,1-5H3;/q2*-1;. The summed E-state index contributed by atoms with van der Waals surface area (Å²) in [4.78, 5) is 9.40. The van der Waals surface area contributed by atoms with Gasteiger partial charge in [0.15, 0.2) is 0 Å². The van der Waals surface area contributed by atoms with Crippen LogP contribution in [0.25, 0.3) is 66.4 Å². The van der Waals surface area contributed by atoms with Gasteiger partial charge in [-0.3, -0.25) is 0 Å². The number of benzene rings is 5. The first kappa shape index (κ1) is 40.0. The summed E-state index contributed by atoms with van der Waals surface area (Å²) in [6.07, 6.45) is 7.39. The number of hydrogen-bond donors (Lipinski definition) is 0. The molecule has 0 unspecified atom stereocenters. The van der Waals surface area contributed by atoms with E-state index in [0.29, 0.717) is 11.8 Å². The molecule has 3 aromatic heterocycles. The summed E-state index contributed by atoms with van der Waals surface area (Å²) in [6.45, 7) is 16.2. The topological polar surface area (TPSA) is 38.9 Å². The van der Waals surface area contributed by atoms with Gasteiger partial charge in [-0.05, 0) is 70.1 Å². The first-order valence-corrected chi connectivity index (χ1v) is 22.9. The van der Waals surface area contributed by atoms with Crippen LogP contribution in [0.2, 0.25) is 19.6 Å². The third kappa shape index (κ3) is 8.60. The molecule has 0 aliphatic heterocycles. The van der Waals surface area contributed by atoms with Crippen LogP contribution in [0.4, 0.5) is 0 Å². The number of aromatic nitrogens is 2. The van der Waals surface area contributed by atoms with Crippen LogP contribution in [0.3, 0.4) is 0 Å². The van der Waals surface area contributed by atoms with Gasteiger partial charge in [0, 0.05) is 43.4 Å². The maximum atomic E-state index is 6.65. The van der Waals surface area contributed by atoms with Crippen molar-refractivity contribution in [2.75, 3.05) is 0 Å². The van der Waals surface area contributed by atoms with Gasteiger partial charge < -0.3 is 14.4 Å². The van der Waals surface area contributed by atoms with E-state index in [1.807, 2.05) is 30.5 Å². The zero-order valence-corrected chi connectivity index (χ0v) is 36.4. The van der Waals surface area contributed by atoms with Gasteiger partial charge in [-0.1, -0.05) is 142 Å². The van der Waals surface area contributed by atoms with Crippen LogP contribution >= 0.6 is 0 Å². The van der Waals surface area contributed by atoms with Gasteiger partial charge in [0.1, 0.15) is 5.58 Å². The van der Waals surface area contributed by atoms with Gasteiger partial charge in [0.05, 0.1) is 13.7 Å². The second kappa shape index (κ2) is 17.4. The molecule has 281 valence electrons. The summed E-state index contributed by atoms with van der Waals surface area (Å²) >= 11 is 0. The van der Waals surface area contributed by atoms with E-state index >= 15 is 0 Å². The smallest absolute Gasteiger partial charge is 0.128 e. The Kier molecular flexibility index (Phi) is 12.7. The maximum Gasteiger partial charge on any atom is 0.128 e. The Morgan fingerprint density at radius 1 is 0.673 bits per heavy atom. The van der Waals surface area contributed by atoms with E-state index in [2.05, 4.69) is 162 Å². The molecule has 55 heavy (non-hydrogen) atoms. The Balaban J connectivity index is 0.000000211. The van der Waals surface area contributed by atoms with E-state index in [-0.39, 0.29) is 20.1 Å². The summed E-state index contributed by atoms with van der Waals surface area (Å²) in [7, 11) is -1.34. The minimum Gasteiger partial charge on any atom is -0.500 e. The van der Waals surface area contributed by atoms with Crippen LogP contribution in [-0.4, -0.2) is 18.0 Å². The molecule has 0 saturated heterocycles. The molecule has 0 amide bonds. The fraction of sp³-hybridized carbons (Fsp3) is 0.240. The van der Waals surface area contributed by atoms with Gasteiger partial charge in [0.2, 0.25) is 0 Å². The van der Waals surface area contributed by atoms with Crippen molar-refractivity contribution in [3.05, 3.63) is 151 Å². The zero-order chi connectivity index (χ0) is 37.8. The normalized spacial score (nSPS) is 11.6. The Hall–Kier alpha value is -4.67. The predicted octanol–water partition coefficient (Wildman–Crippen LogP) is 13.5. The molecular weight excluding hydrogens is 865 g/mol. The number of furan rings is 1. The van der Waals surface area contributed by atoms with Crippen LogP contribution in [0, 0.1) is 18.1 Å². The van der Waals surface area contributed by atoms with Crippen molar-refractivity contribution in [2.45, 2.75) is 72.5 Å². The Morgan fingerprint density at radius 3 is 2.13 bits per heavy atom. The SMILES string of the molecule is CC(C)Cc1cc(-c2[c-]cccc2)ncc1[Si](C)(C)C.CCC(CC)c1ccnc(-c2[c-]ccc3c2oc2c(-c4cccc5ccccc45)cccc23)c1.[Ir]. The quantitative estimate of drug-likeness (QED) is 0.107. The van der Waals surface area contributed by atoms with Crippen molar-refractivity contribution in [1.29, 1.82) is 0 Å². The number of pyridine rings is 2. The fourth-order valence-corrected chi connectivity index (χ4v) is 9.29. The summed E-state index contributed by atoms with van der Waals surface area (Å²) in [5, 5.41) is 6.16. The average molecular weight is 915 g/mol. The van der Waals surface area contributed by atoms with E-state index in [1.54, 1.807) is 0 Å². The van der Waals surface area contributed by atoms with E-state index in [9.17, 15) is 0 Å². The van der Waals surface area contributed by atoms with Crippen LogP contribution in [0.15, 0.2) is 132 Å².